The first-order valence-electron chi connectivity index (χ1n) is 6.40. The highest BCUT2D eigenvalue weighted by atomic mass is 32.2. The van der Waals surface area contributed by atoms with Crippen molar-refractivity contribution < 1.29 is 23.1 Å². The Morgan fingerprint density at radius 3 is 2.81 bits per heavy atom. The standard InChI is InChI=1S/C13H14N2O5S/c1-20-8-6-10(13(16)17)15(7-8)12-9-4-2-3-5-11(9)21(18,19)14-12/h2-5,8,10H,6-7H2,1H3,(H,16,17). The van der Waals surface area contributed by atoms with Gasteiger partial charge in [0.05, 0.1) is 6.10 Å². The summed E-state index contributed by atoms with van der Waals surface area (Å²) >= 11 is 0. The first-order valence-corrected chi connectivity index (χ1v) is 7.84. The van der Waals surface area contributed by atoms with Gasteiger partial charge < -0.3 is 14.7 Å². The van der Waals surface area contributed by atoms with Crippen LogP contribution < -0.4 is 0 Å². The van der Waals surface area contributed by atoms with Crippen molar-refractivity contribution in [1.82, 2.24) is 4.90 Å². The monoisotopic (exact) mass is 310 g/mol. The number of hydrogen-bond acceptors (Lipinski definition) is 5. The summed E-state index contributed by atoms with van der Waals surface area (Å²) in [6, 6.07) is 5.59. The van der Waals surface area contributed by atoms with Crippen LogP contribution in [0.15, 0.2) is 33.6 Å². The molecule has 1 fully saturated rings. The van der Waals surface area contributed by atoms with Crippen molar-refractivity contribution in [2.75, 3.05) is 13.7 Å². The number of carbonyl (C=O) groups is 1. The maximum absolute atomic E-state index is 12.1. The predicted octanol–water partition coefficient (Wildman–Crippen LogP) is 0.309. The second-order valence-electron chi connectivity index (χ2n) is 4.99. The van der Waals surface area contributed by atoms with Crippen molar-refractivity contribution in [2.45, 2.75) is 23.5 Å². The Kier molecular flexibility index (Phi) is 3.22. The lowest BCUT2D eigenvalue weighted by atomic mass is 10.1. The maximum Gasteiger partial charge on any atom is 0.326 e. The lowest BCUT2D eigenvalue weighted by molar-refractivity contribution is -0.141. The molecule has 112 valence electrons. The summed E-state index contributed by atoms with van der Waals surface area (Å²) in [4.78, 5) is 13.0. The number of rotatable bonds is 2. The summed E-state index contributed by atoms with van der Waals surface area (Å²) in [6.45, 7) is 0.302. The van der Waals surface area contributed by atoms with E-state index in [0.717, 1.165) is 0 Å². The minimum atomic E-state index is -3.75. The van der Waals surface area contributed by atoms with E-state index in [9.17, 15) is 18.3 Å². The molecular weight excluding hydrogens is 296 g/mol. The fraction of sp³-hybridized carbons (Fsp3) is 0.385. The molecule has 2 unspecified atom stereocenters. The topological polar surface area (TPSA) is 96.3 Å². The highest BCUT2D eigenvalue weighted by molar-refractivity contribution is 7.90. The molecule has 21 heavy (non-hydrogen) atoms. The van der Waals surface area contributed by atoms with Gasteiger partial charge >= 0.3 is 5.97 Å². The molecule has 2 atom stereocenters. The third kappa shape index (κ3) is 2.20. The number of carboxylic acid groups (broad SMARTS) is 1. The van der Waals surface area contributed by atoms with E-state index in [4.69, 9.17) is 4.74 Å². The molecule has 2 aliphatic rings. The Bertz CT molecular complexity index is 728. The zero-order chi connectivity index (χ0) is 15.2. The largest absolute Gasteiger partial charge is 0.480 e. The Balaban J connectivity index is 2.06. The molecule has 0 bridgehead atoms. The summed E-state index contributed by atoms with van der Waals surface area (Å²) in [5.41, 5.74) is 0.445. The number of amidine groups is 1. The van der Waals surface area contributed by atoms with Crippen molar-refractivity contribution in [3.8, 4) is 0 Å². The second-order valence-corrected chi connectivity index (χ2v) is 6.56. The normalized spacial score (nSPS) is 26.5. The number of ether oxygens (including phenoxy) is 1. The summed E-state index contributed by atoms with van der Waals surface area (Å²) in [5, 5.41) is 9.33. The van der Waals surface area contributed by atoms with E-state index in [-0.39, 0.29) is 16.8 Å². The molecule has 3 rings (SSSR count). The van der Waals surface area contributed by atoms with E-state index in [1.54, 1.807) is 18.2 Å². The molecule has 1 aromatic carbocycles. The van der Waals surface area contributed by atoms with Crippen LogP contribution in [-0.4, -0.2) is 56.0 Å². The molecule has 0 saturated carbocycles. The van der Waals surface area contributed by atoms with Gasteiger partial charge in [0.25, 0.3) is 10.0 Å². The van der Waals surface area contributed by atoms with E-state index in [1.807, 2.05) is 0 Å². The van der Waals surface area contributed by atoms with Gasteiger partial charge in [0.15, 0.2) is 5.84 Å². The Morgan fingerprint density at radius 1 is 1.43 bits per heavy atom. The van der Waals surface area contributed by atoms with Crippen LogP contribution >= 0.6 is 0 Å². The van der Waals surface area contributed by atoms with Crippen LogP contribution in [0.25, 0.3) is 0 Å². The first-order chi connectivity index (χ1) is 9.94. The number of benzene rings is 1. The fourth-order valence-electron chi connectivity index (χ4n) is 2.73. The molecule has 0 amide bonds. The van der Waals surface area contributed by atoms with Crippen molar-refractivity contribution in [3.63, 3.8) is 0 Å². The molecule has 1 aromatic rings. The zero-order valence-electron chi connectivity index (χ0n) is 11.3. The number of fused-ring (bicyclic) bond motifs is 1. The molecule has 1 saturated heterocycles. The number of hydrogen-bond donors (Lipinski definition) is 1. The Labute approximate surface area is 121 Å². The number of carboxylic acids is 1. The van der Waals surface area contributed by atoms with E-state index in [2.05, 4.69) is 4.40 Å². The van der Waals surface area contributed by atoms with Crippen molar-refractivity contribution in [2.24, 2.45) is 4.40 Å². The quantitative estimate of drug-likeness (QED) is 0.844. The van der Waals surface area contributed by atoms with Crippen LogP contribution in [0.5, 0.6) is 0 Å². The summed E-state index contributed by atoms with van der Waals surface area (Å²) < 4.78 is 33.1. The van der Waals surface area contributed by atoms with E-state index < -0.39 is 22.0 Å². The number of sulfonamides is 1. The zero-order valence-corrected chi connectivity index (χ0v) is 12.1. The van der Waals surface area contributed by atoms with Crippen LogP contribution in [0.1, 0.15) is 12.0 Å². The van der Waals surface area contributed by atoms with Crippen LogP contribution in [0, 0.1) is 0 Å². The van der Waals surface area contributed by atoms with Crippen molar-refractivity contribution >= 4 is 21.8 Å². The Morgan fingerprint density at radius 2 is 2.14 bits per heavy atom. The molecule has 1 N–H and O–H groups in total. The van der Waals surface area contributed by atoms with Gasteiger partial charge in [0, 0.05) is 25.6 Å². The molecule has 0 spiro atoms. The third-order valence-corrected chi connectivity index (χ3v) is 5.09. The maximum atomic E-state index is 12.1. The lowest BCUT2D eigenvalue weighted by Gasteiger charge is -2.22. The van der Waals surface area contributed by atoms with Crippen LogP contribution in [0.4, 0.5) is 0 Å². The molecule has 0 aliphatic carbocycles. The minimum absolute atomic E-state index is 0.116. The second kappa shape index (κ2) is 4.81. The molecular formula is C13H14N2O5S. The third-order valence-electron chi connectivity index (χ3n) is 3.77. The molecule has 8 heteroatoms. The van der Waals surface area contributed by atoms with Gasteiger partial charge in [-0.15, -0.1) is 4.40 Å². The highest BCUT2D eigenvalue weighted by Gasteiger charge is 2.42. The SMILES string of the molecule is COC1CC(C(=O)O)N(C2=NS(=O)(=O)c3ccccc32)C1. The van der Waals surface area contributed by atoms with E-state index in [0.29, 0.717) is 18.5 Å². The number of aliphatic carboxylic acids is 1. The van der Waals surface area contributed by atoms with Gasteiger partial charge in [-0.25, -0.2) is 4.79 Å². The summed E-state index contributed by atoms with van der Waals surface area (Å²) in [6.07, 6.45) is 0.0387. The van der Waals surface area contributed by atoms with Crippen molar-refractivity contribution in [1.29, 1.82) is 0 Å². The lowest BCUT2D eigenvalue weighted by Crippen LogP contribution is -2.40. The molecule has 2 aliphatic heterocycles. The molecule has 0 aromatic heterocycles. The minimum Gasteiger partial charge on any atom is -0.480 e. The van der Waals surface area contributed by atoms with Gasteiger partial charge in [-0.3, -0.25) is 0 Å². The molecule has 0 radical (unpaired) electrons. The fourth-order valence-corrected chi connectivity index (χ4v) is 3.95. The van der Waals surface area contributed by atoms with Crippen LogP contribution in [-0.2, 0) is 19.6 Å². The first kappa shape index (κ1) is 14.0. The molecule has 2 heterocycles. The smallest absolute Gasteiger partial charge is 0.326 e. The summed E-state index contributed by atoms with van der Waals surface area (Å²) in [7, 11) is -2.24. The number of likely N-dealkylation sites (tertiary alicyclic amines) is 1. The number of methoxy groups -OCH3 is 1. The van der Waals surface area contributed by atoms with E-state index >= 15 is 0 Å². The van der Waals surface area contributed by atoms with Gasteiger partial charge in [-0.05, 0) is 12.1 Å². The van der Waals surface area contributed by atoms with Gasteiger partial charge in [-0.1, -0.05) is 12.1 Å². The molecule has 7 nitrogen and oxygen atoms in total. The average Bonchev–Trinajstić information content (AvgIpc) is 2.99. The predicted molar refractivity (Wildman–Crippen MR) is 73.7 cm³/mol. The van der Waals surface area contributed by atoms with E-state index in [1.165, 1.54) is 18.1 Å². The van der Waals surface area contributed by atoms with Gasteiger partial charge in [0.2, 0.25) is 0 Å². The summed E-state index contributed by atoms with van der Waals surface area (Å²) in [5.74, 6) is -0.823. The van der Waals surface area contributed by atoms with Gasteiger partial charge in [-0.2, -0.15) is 8.42 Å². The van der Waals surface area contributed by atoms with Crippen molar-refractivity contribution in [3.05, 3.63) is 29.8 Å². The number of nitrogens with zero attached hydrogens (tertiary/aromatic N) is 2. The van der Waals surface area contributed by atoms with Crippen LogP contribution in [0.3, 0.4) is 0 Å². The highest BCUT2D eigenvalue weighted by Crippen LogP contribution is 2.31. The van der Waals surface area contributed by atoms with Gasteiger partial charge in [0.1, 0.15) is 10.9 Å². The van der Waals surface area contributed by atoms with Crippen LogP contribution in [0.2, 0.25) is 0 Å². The Hall–Kier alpha value is -1.93. The average molecular weight is 310 g/mol.